The number of benzene rings is 1. The molecule has 2 aromatic rings. The number of rotatable bonds is 4. The van der Waals surface area contributed by atoms with Crippen LogP contribution in [0.25, 0.3) is 11.3 Å². The number of carbonyl (C=O) groups excluding carboxylic acids is 2. The van der Waals surface area contributed by atoms with E-state index < -0.39 is 23.6 Å². The second kappa shape index (κ2) is 6.33. The van der Waals surface area contributed by atoms with Crippen molar-refractivity contribution in [1.82, 2.24) is 15.5 Å². The number of hydrogen-bond donors (Lipinski definition) is 3. The molecule has 1 heterocycles. The fourth-order valence-corrected chi connectivity index (χ4v) is 1.87. The van der Waals surface area contributed by atoms with Crippen molar-refractivity contribution in [2.45, 2.75) is 19.9 Å². The van der Waals surface area contributed by atoms with Crippen molar-refractivity contribution >= 4 is 17.6 Å². The largest absolute Gasteiger partial charge is 0.345 e. The third kappa shape index (κ3) is 3.46. The number of nitrogens with zero attached hydrogens (tertiary/aromatic N) is 1. The van der Waals surface area contributed by atoms with E-state index in [9.17, 15) is 18.4 Å². The quantitative estimate of drug-likeness (QED) is 0.805. The summed E-state index contributed by atoms with van der Waals surface area (Å²) in [5, 5.41) is 11.1. The first-order valence-corrected chi connectivity index (χ1v) is 6.46. The summed E-state index contributed by atoms with van der Waals surface area (Å²) in [6, 6.07) is 4.04. The highest BCUT2D eigenvalue weighted by Crippen LogP contribution is 2.25. The lowest BCUT2D eigenvalue weighted by molar-refractivity contribution is -0.124. The number of amides is 2. The van der Waals surface area contributed by atoms with Gasteiger partial charge in [-0.25, -0.2) is 8.78 Å². The van der Waals surface area contributed by atoms with Crippen LogP contribution < -0.4 is 10.6 Å². The Morgan fingerprint density at radius 2 is 1.91 bits per heavy atom. The maximum absolute atomic E-state index is 13.7. The number of nitrogens with one attached hydrogen (secondary N) is 3. The molecule has 0 aliphatic rings. The second-order valence-corrected chi connectivity index (χ2v) is 4.67. The van der Waals surface area contributed by atoms with Crippen LogP contribution in [-0.4, -0.2) is 28.1 Å². The van der Waals surface area contributed by atoms with E-state index >= 15 is 0 Å². The molecule has 6 nitrogen and oxygen atoms in total. The van der Waals surface area contributed by atoms with Gasteiger partial charge in [-0.15, -0.1) is 0 Å². The number of anilines is 1. The van der Waals surface area contributed by atoms with E-state index in [0.29, 0.717) is 0 Å². The van der Waals surface area contributed by atoms with Crippen LogP contribution in [-0.2, 0) is 9.59 Å². The summed E-state index contributed by atoms with van der Waals surface area (Å²) < 4.78 is 27.3. The second-order valence-electron chi connectivity index (χ2n) is 4.67. The predicted molar refractivity (Wildman–Crippen MR) is 75.8 cm³/mol. The summed E-state index contributed by atoms with van der Waals surface area (Å²) in [4.78, 5) is 22.7. The van der Waals surface area contributed by atoms with E-state index in [1.807, 2.05) is 0 Å². The van der Waals surface area contributed by atoms with E-state index in [0.717, 1.165) is 12.1 Å². The molecule has 1 aromatic carbocycles. The van der Waals surface area contributed by atoms with Crippen molar-refractivity contribution in [3.8, 4) is 11.3 Å². The van der Waals surface area contributed by atoms with Gasteiger partial charge in [0.05, 0.1) is 11.3 Å². The summed E-state index contributed by atoms with van der Waals surface area (Å²) in [6.45, 7) is 2.79. The van der Waals surface area contributed by atoms with Crippen LogP contribution in [0.15, 0.2) is 24.3 Å². The maximum Gasteiger partial charge on any atom is 0.247 e. The lowest BCUT2D eigenvalue weighted by Crippen LogP contribution is -2.40. The van der Waals surface area contributed by atoms with Gasteiger partial charge in [0.25, 0.3) is 0 Å². The first kappa shape index (κ1) is 15.6. The summed E-state index contributed by atoms with van der Waals surface area (Å²) in [6.07, 6.45) is 0. The minimum Gasteiger partial charge on any atom is -0.345 e. The standard InChI is InChI=1S/C14H14F2N4O2/c1-7(17-8(2)21)14(22)18-12-6-11(19-20-12)13-9(15)4-3-5-10(13)16/h3-7H,1-2H3,(H,17,21)(H2,18,19,20,22). The van der Waals surface area contributed by atoms with E-state index in [-0.39, 0.29) is 23.0 Å². The average molecular weight is 308 g/mol. The molecule has 2 amide bonds. The molecule has 0 aliphatic carbocycles. The van der Waals surface area contributed by atoms with Gasteiger partial charge in [0.2, 0.25) is 11.8 Å². The van der Waals surface area contributed by atoms with E-state index in [4.69, 9.17) is 0 Å². The van der Waals surface area contributed by atoms with Gasteiger partial charge in [-0.2, -0.15) is 5.10 Å². The number of aromatic amines is 1. The summed E-state index contributed by atoms with van der Waals surface area (Å²) in [5.41, 5.74) is -0.163. The lowest BCUT2D eigenvalue weighted by atomic mass is 10.1. The maximum atomic E-state index is 13.7. The average Bonchev–Trinajstić information content (AvgIpc) is 2.86. The predicted octanol–water partition coefficient (Wildman–Crippen LogP) is 1.82. The Morgan fingerprint density at radius 3 is 2.50 bits per heavy atom. The fourth-order valence-electron chi connectivity index (χ4n) is 1.87. The van der Waals surface area contributed by atoms with Crippen LogP contribution in [0.5, 0.6) is 0 Å². The summed E-state index contributed by atoms with van der Waals surface area (Å²) in [5.74, 6) is -2.23. The number of H-pyrrole nitrogens is 1. The molecule has 8 heteroatoms. The van der Waals surface area contributed by atoms with Crippen LogP contribution in [0, 0.1) is 11.6 Å². The minimum atomic E-state index is -0.761. The van der Waals surface area contributed by atoms with Gasteiger partial charge in [-0.05, 0) is 19.1 Å². The Hall–Kier alpha value is -2.77. The molecule has 0 saturated heterocycles. The van der Waals surface area contributed by atoms with Gasteiger partial charge in [-0.1, -0.05) is 6.07 Å². The molecule has 22 heavy (non-hydrogen) atoms. The number of hydrogen-bond acceptors (Lipinski definition) is 3. The monoisotopic (exact) mass is 308 g/mol. The van der Waals surface area contributed by atoms with E-state index in [1.165, 1.54) is 26.0 Å². The van der Waals surface area contributed by atoms with Gasteiger partial charge in [0, 0.05) is 13.0 Å². The van der Waals surface area contributed by atoms with Crippen LogP contribution in [0.1, 0.15) is 13.8 Å². The Bertz CT molecular complexity index is 694. The van der Waals surface area contributed by atoms with Crippen molar-refractivity contribution < 1.29 is 18.4 Å². The summed E-state index contributed by atoms with van der Waals surface area (Å²) >= 11 is 0. The Kier molecular flexibility index (Phi) is 4.50. The number of halogens is 2. The van der Waals surface area contributed by atoms with Gasteiger partial charge < -0.3 is 10.6 Å². The van der Waals surface area contributed by atoms with E-state index in [2.05, 4.69) is 20.8 Å². The SMILES string of the molecule is CC(=O)NC(C)C(=O)Nc1cc(-c2c(F)cccc2F)[nH]n1. The molecule has 0 saturated carbocycles. The zero-order chi connectivity index (χ0) is 16.3. The Morgan fingerprint density at radius 1 is 1.27 bits per heavy atom. The van der Waals surface area contributed by atoms with Gasteiger partial charge in [0.15, 0.2) is 5.82 Å². The lowest BCUT2D eigenvalue weighted by Gasteiger charge is -2.10. The highest BCUT2D eigenvalue weighted by molar-refractivity contribution is 5.96. The molecule has 0 radical (unpaired) electrons. The minimum absolute atomic E-state index is 0.0954. The molecular formula is C14H14F2N4O2. The zero-order valence-corrected chi connectivity index (χ0v) is 11.9. The van der Waals surface area contributed by atoms with Crippen LogP contribution in [0.4, 0.5) is 14.6 Å². The topological polar surface area (TPSA) is 86.9 Å². The van der Waals surface area contributed by atoms with Crippen molar-refractivity contribution in [2.75, 3.05) is 5.32 Å². The third-order valence-corrected chi connectivity index (χ3v) is 2.87. The first-order chi connectivity index (χ1) is 10.4. The van der Waals surface area contributed by atoms with Gasteiger partial charge in [0.1, 0.15) is 17.7 Å². The van der Waals surface area contributed by atoms with Crippen LogP contribution >= 0.6 is 0 Å². The highest BCUT2D eigenvalue weighted by atomic mass is 19.1. The fraction of sp³-hybridized carbons (Fsp3) is 0.214. The van der Waals surface area contributed by atoms with Gasteiger partial charge >= 0.3 is 0 Å². The normalized spacial score (nSPS) is 11.8. The molecule has 116 valence electrons. The molecule has 3 N–H and O–H groups in total. The molecular weight excluding hydrogens is 294 g/mol. The van der Waals surface area contributed by atoms with Gasteiger partial charge in [-0.3, -0.25) is 14.7 Å². The molecule has 1 unspecified atom stereocenters. The molecule has 2 rings (SSSR count). The summed E-state index contributed by atoms with van der Waals surface area (Å²) in [7, 11) is 0. The molecule has 0 fully saturated rings. The van der Waals surface area contributed by atoms with Crippen LogP contribution in [0.2, 0.25) is 0 Å². The van der Waals surface area contributed by atoms with Crippen molar-refractivity contribution in [3.05, 3.63) is 35.9 Å². The van der Waals surface area contributed by atoms with Crippen molar-refractivity contribution in [1.29, 1.82) is 0 Å². The van der Waals surface area contributed by atoms with E-state index in [1.54, 1.807) is 0 Å². The molecule has 1 atom stereocenters. The smallest absolute Gasteiger partial charge is 0.247 e. The zero-order valence-electron chi connectivity index (χ0n) is 11.9. The third-order valence-electron chi connectivity index (χ3n) is 2.87. The van der Waals surface area contributed by atoms with Crippen molar-refractivity contribution in [2.24, 2.45) is 0 Å². The number of carbonyl (C=O) groups is 2. The highest BCUT2D eigenvalue weighted by Gasteiger charge is 2.17. The Labute approximate surface area is 124 Å². The van der Waals surface area contributed by atoms with Crippen molar-refractivity contribution in [3.63, 3.8) is 0 Å². The molecule has 0 bridgehead atoms. The Balaban J connectivity index is 2.15. The molecule has 0 aliphatic heterocycles. The molecule has 0 spiro atoms. The van der Waals surface area contributed by atoms with Crippen LogP contribution in [0.3, 0.4) is 0 Å². The molecule has 1 aromatic heterocycles. The number of aromatic nitrogens is 2. The first-order valence-electron chi connectivity index (χ1n) is 6.46.